The number of ether oxygens (including phenoxy) is 1. The number of benzene rings is 3. The van der Waals surface area contributed by atoms with Gasteiger partial charge in [-0.1, -0.05) is 85.1 Å². The molecular formula is C34H36ClN3O4. The van der Waals surface area contributed by atoms with Gasteiger partial charge >= 0.3 is 6.09 Å². The molecule has 218 valence electrons. The zero-order valence-electron chi connectivity index (χ0n) is 23.6. The van der Waals surface area contributed by atoms with Gasteiger partial charge in [0.25, 0.3) is 0 Å². The molecule has 0 aromatic heterocycles. The molecule has 3 amide bonds. The van der Waals surface area contributed by atoms with E-state index in [0.717, 1.165) is 59.9 Å². The standard InChI is InChI=1S/C34H36ClN3O4/c35-24-12-7-9-22(19-24)20-36-32(39)30-17-8-18-38(30)33(40)31(23-10-1-2-11-23)37-34(41)42-21-29-27-15-5-3-13-25(27)26-14-4-6-16-28(26)29/h3-7,9,12-16,19,23,29-31H,1-2,8,10-11,17-18,20-21H2,(H,36,39)(H,37,41)/t30-,31+/m0/s1. The molecule has 8 heteroatoms. The van der Waals surface area contributed by atoms with Crippen LogP contribution in [0.2, 0.25) is 5.02 Å². The van der Waals surface area contributed by atoms with E-state index < -0.39 is 18.2 Å². The fourth-order valence-corrected chi connectivity index (χ4v) is 7.09. The molecule has 3 aromatic rings. The number of rotatable bonds is 8. The highest BCUT2D eigenvalue weighted by molar-refractivity contribution is 6.30. The molecule has 0 radical (unpaired) electrons. The fourth-order valence-electron chi connectivity index (χ4n) is 6.87. The Balaban J connectivity index is 1.11. The predicted octanol–water partition coefficient (Wildman–Crippen LogP) is 6.04. The molecule has 0 bridgehead atoms. The Bertz CT molecular complexity index is 1420. The van der Waals surface area contributed by atoms with Crippen molar-refractivity contribution >= 4 is 29.5 Å². The van der Waals surface area contributed by atoms with Gasteiger partial charge in [0.2, 0.25) is 11.8 Å². The third kappa shape index (κ3) is 5.88. The van der Waals surface area contributed by atoms with E-state index in [1.165, 1.54) is 0 Å². The summed E-state index contributed by atoms with van der Waals surface area (Å²) in [5.74, 6) is -0.424. The molecular weight excluding hydrogens is 550 g/mol. The number of likely N-dealkylation sites (tertiary alicyclic amines) is 1. The molecule has 6 rings (SSSR count). The summed E-state index contributed by atoms with van der Waals surface area (Å²) < 4.78 is 5.80. The number of amides is 3. The summed E-state index contributed by atoms with van der Waals surface area (Å²) in [7, 11) is 0. The molecule has 1 aliphatic heterocycles. The number of nitrogens with zero attached hydrogens (tertiary/aromatic N) is 1. The maximum Gasteiger partial charge on any atom is 0.407 e. The monoisotopic (exact) mass is 585 g/mol. The molecule has 1 heterocycles. The highest BCUT2D eigenvalue weighted by Crippen LogP contribution is 2.44. The lowest BCUT2D eigenvalue weighted by Crippen LogP contribution is -2.55. The summed E-state index contributed by atoms with van der Waals surface area (Å²) in [5, 5.41) is 6.51. The van der Waals surface area contributed by atoms with Gasteiger partial charge in [-0.2, -0.15) is 0 Å². The Morgan fingerprint density at radius 2 is 1.57 bits per heavy atom. The summed E-state index contributed by atoms with van der Waals surface area (Å²) in [6.45, 7) is 1.01. The summed E-state index contributed by atoms with van der Waals surface area (Å²) in [4.78, 5) is 42.0. The number of hydrogen-bond acceptors (Lipinski definition) is 4. The average molecular weight is 586 g/mol. The number of alkyl carbamates (subject to hydrolysis) is 1. The molecule has 2 N–H and O–H groups in total. The van der Waals surface area contributed by atoms with E-state index >= 15 is 0 Å². The first kappa shape index (κ1) is 28.3. The van der Waals surface area contributed by atoms with Gasteiger partial charge in [-0.05, 0) is 71.6 Å². The molecule has 0 spiro atoms. The van der Waals surface area contributed by atoms with Gasteiger partial charge in [-0.15, -0.1) is 0 Å². The minimum atomic E-state index is -0.718. The number of fused-ring (bicyclic) bond motifs is 3. The lowest BCUT2D eigenvalue weighted by molar-refractivity contribution is -0.141. The second-order valence-electron chi connectivity index (χ2n) is 11.5. The average Bonchev–Trinajstić information content (AvgIpc) is 3.77. The highest BCUT2D eigenvalue weighted by atomic mass is 35.5. The van der Waals surface area contributed by atoms with Gasteiger partial charge in [0.1, 0.15) is 18.7 Å². The van der Waals surface area contributed by atoms with Crippen LogP contribution in [-0.4, -0.2) is 48.0 Å². The third-order valence-corrected chi connectivity index (χ3v) is 9.18. The van der Waals surface area contributed by atoms with E-state index in [1.54, 1.807) is 11.0 Å². The van der Waals surface area contributed by atoms with E-state index in [9.17, 15) is 14.4 Å². The topological polar surface area (TPSA) is 87.7 Å². The van der Waals surface area contributed by atoms with E-state index in [-0.39, 0.29) is 30.3 Å². The van der Waals surface area contributed by atoms with Gasteiger partial charge in [-0.25, -0.2) is 4.79 Å². The van der Waals surface area contributed by atoms with Crippen molar-refractivity contribution in [3.63, 3.8) is 0 Å². The van der Waals surface area contributed by atoms with E-state index in [4.69, 9.17) is 16.3 Å². The van der Waals surface area contributed by atoms with Crippen LogP contribution in [0.4, 0.5) is 4.79 Å². The predicted molar refractivity (Wildman–Crippen MR) is 162 cm³/mol. The summed E-state index contributed by atoms with van der Waals surface area (Å²) in [5.41, 5.74) is 5.49. The first-order valence-electron chi connectivity index (χ1n) is 14.9. The Morgan fingerprint density at radius 1 is 0.881 bits per heavy atom. The Morgan fingerprint density at radius 3 is 2.26 bits per heavy atom. The first-order valence-corrected chi connectivity index (χ1v) is 15.3. The smallest absolute Gasteiger partial charge is 0.407 e. The maximum absolute atomic E-state index is 13.9. The van der Waals surface area contributed by atoms with Crippen LogP contribution in [0.3, 0.4) is 0 Å². The van der Waals surface area contributed by atoms with Gasteiger partial charge in [0.15, 0.2) is 0 Å². The van der Waals surface area contributed by atoms with Crippen molar-refractivity contribution in [2.75, 3.05) is 13.2 Å². The number of carbonyl (C=O) groups is 3. The van der Waals surface area contributed by atoms with Crippen LogP contribution in [0.25, 0.3) is 11.1 Å². The molecule has 0 unspecified atom stereocenters. The van der Waals surface area contributed by atoms with Crippen LogP contribution in [0.5, 0.6) is 0 Å². The molecule has 3 aromatic carbocycles. The molecule has 1 saturated carbocycles. The largest absolute Gasteiger partial charge is 0.449 e. The molecule has 1 saturated heterocycles. The molecule has 2 fully saturated rings. The highest BCUT2D eigenvalue weighted by Gasteiger charge is 2.41. The molecule has 2 atom stereocenters. The van der Waals surface area contributed by atoms with Crippen molar-refractivity contribution in [2.45, 2.75) is 63.1 Å². The van der Waals surface area contributed by atoms with Gasteiger partial charge in [0.05, 0.1) is 0 Å². The Kier molecular flexibility index (Phi) is 8.47. The maximum atomic E-state index is 13.9. The second-order valence-corrected chi connectivity index (χ2v) is 12.0. The van der Waals surface area contributed by atoms with Crippen molar-refractivity contribution in [1.82, 2.24) is 15.5 Å². The fraction of sp³-hybridized carbons (Fsp3) is 0.382. The van der Waals surface area contributed by atoms with Crippen molar-refractivity contribution in [3.8, 4) is 11.1 Å². The van der Waals surface area contributed by atoms with Gasteiger partial charge in [0, 0.05) is 24.0 Å². The number of nitrogens with one attached hydrogen (secondary N) is 2. The van der Waals surface area contributed by atoms with Gasteiger partial charge < -0.3 is 20.3 Å². The van der Waals surface area contributed by atoms with E-state index in [0.29, 0.717) is 24.5 Å². The molecule has 42 heavy (non-hydrogen) atoms. The minimum Gasteiger partial charge on any atom is -0.449 e. The third-order valence-electron chi connectivity index (χ3n) is 8.95. The lowest BCUT2D eigenvalue weighted by Gasteiger charge is -2.31. The quantitative estimate of drug-likeness (QED) is 0.337. The number of carbonyl (C=O) groups excluding carboxylic acids is 3. The number of halogens is 1. The van der Waals surface area contributed by atoms with Crippen molar-refractivity contribution < 1.29 is 19.1 Å². The number of hydrogen-bond donors (Lipinski definition) is 2. The van der Waals surface area contributed by atoms with Crippen molar-refractivity contribution in [3.05, 3.63) is 94.5 Å². The van der Waals surface area contributed by atoms with Crippen LogP contribution in [-0.2, 0) is 20.9 Å². The molecule has 2 aliphatic carbocycles. The van der Waals surface area contributed by atoms with Crippen molar-refractivity contribution in [2.24, 2.45) is 5.92 Å². The van der Waals surface area contributed by atoms with Crippen LogP contribution in [0, 0.1) is 5.92 Å². The SMILES string of the molecule is O=C(N[C@@H](C(=O)N1CCC[C@H]1C(=O)NCc1cccc(Cl)c1)C1CCCC1)OCC1c2ccccc2-c2ccccc21. The van der Waals surface area contributed by atoms with E-state index in [2.05, 4.69) is 34.9 Å². The summed E-state index contributed by atoms with van der Waals surface area (Å²) in [6.07, 6.45) is 4.50. The lowest BCUT2D eigenvalue weighted by atomic mass is 9.96. The molecule has 7 nitrogen and oxygen atoms in total. The van der Waals surface area contributed by atoms with Gasteiger partial charge in [-0.3, -0.25) is 9.59 Å². The normalized spacial score (nSPS) is 18.8. The van der Waals surface area contributed by atoms with E-state index in [1.807, 2.05) is 42.5 Å². The zero-order valence-corrected chi connectivity index (χ0v) is 24.3. The van der Waals surface area contributed by atoms with Crippen LogP contribution >= 0.6 is 11.6 Å². The van der Waals surface area contributed by atoms with Crippen LogP contribution < -0.4 is 10.6 Å². The Labute approximate surface area is 251 Å². The second kappa shape index (κ2) is 12.6. The Hall–Kier alpha value is -3.84. The summed E-state index contributed by atoms with van der Waals surface area (Å²) >= 11 is 6.08. The zero-order chi connectivity index (χ0) is 29.1. The summed E-state index contributed by atoms with van der Waals surface area (Å²) in [6, 6.07) is 22.5. The van der Waals surface area contributed by atoms with Crippen LogP contribution in [0.1, 0.15) is 61.1 Å². The molecule has 3 aliphatic rings. The first-order chi connectivity index (χ1) is 20.5. The minimum absolute atomic E-state index is 0.0220. The van der Waals surface area contributed by atoms with Crippen LogP contribution in [0.15, 0.2) is 72.8 Å². The van der Waals surface area contributed by atoms with Crippen molar-refractivity contribution in [1.29, 1.82) is 0 Å².